The summed E-state index contributed by atoms with van der Waals surface area (Å²) in [6, 6.07) is 7.76. The van der Waals surface area contributed by atoms with Crippen LogP contribution in [0, 0.1) is 0 Å². The second kappa shape index (κ2) is 6.70. The van der Waals surface area contributed by atoms with Crippen LogP contribution >= 0.6 is 11.3 Å². The van der Waals surface area contributed by atoms with Crippen molar-refractivity contribution in [1.82, 2.24) is 19.6 Å². The summed E-state index contributed by atoms with van der Waals surface area (Å²) in [5.41, 5.74) is 2.41. The topological polar surface area (TPSA) is 87.5 Å². The second-order valence-corrected chi connectivity index (χ2v) is 8.47. The van der Waals surface area contributed by atoms with Crippen LogP contribution in [-0.2, 0) is 29.1 Å². The third-order valence-electron chi connectivity index (χ3n) is 5.36. The van der Waals surface area contributed by atoms with E-state index in [1.54, 1.807) is 16.6 Å². The highest BCUT2D eigenvalue weighted by Crippen LogP contribution is 2.38. The molecule has 2 aromatic heterocycles. The van der Waals surface area contributed by atoms with E-state index in [1.165, 1.54) is 16.2 Å². The largest absolute Gasteiger partial charge is 0.336 e. The van der Waals surface area contributed by atoms with Gasteiger partial charge in [-0.3, -0.25) is 19.1 Å². The summed E-state index contributed by atoms with van der Waals surface area (Å²) in [6.45, 7) is 1.21. The van der Waals surface area contributed by atoms with Gasteiger partial charge < -0.3 is 15.1 Å². The molecular formula is C20H19N5O3S. The van der Waals surface area contributed by atoms with Crippen LogP contribution in [0.25, 0.3) is 10.9 Å². The van der Waals surface area contributed by atoms with E-state index in [2.05, 4.69) is 10.4 Å². The van der Waals surface area contributed by atoms with Crippen LogP contribution in [0.1, 0.15) is 20.8 Å². The van der Waals surface area contributed by atoms with Crippen molar-refractivity contribution < 1.29 is 14.4 Å². The summed E-state index contributed by atoms with van der Waals surface area (Å²) in [6.07, 6.45) is 2.48. The molecule has 0 aliphatic carbocycles. The standard InChI is InChI=1S/C20H19N5O3S/c1-23-10-16(26)21-19-18(20(23)28)13-6-7-24(9-15(13)29-19)17(27)11-25-8-12-4-2-3-5-14(12)22-25/h2-5,8H,6-7,9-11H2,1H3,(H,21,26). The van der Waals surface area contributed by atoms with Gasteiger partial charge in [0.25, 0.3) is 5.91 Å². The van der Waals surface area contributed by atoms with Crippen LogP contribution in [0.15, 0.2) is 30.5 Å². The predicted molar refractivity (Wildman–Crippen MR) is 109 cm³/mol. The number of thiophene rings is 1. The van der Waals surface area contributed by atoms with Crippen LogP contribution in [0.3, 0.4) is 0 Å². The Morgan fingerprint density at radius 1 is 1.24 bits per heavy atom. The maximum Gasteiger partial charge on any atom is 0.257 e. The number of hydrogen-bond donors (Lipinski definition) is 1. The minimum absolute atomic E-state index is 0.0143. The highest BCUT2D eigenvalue weighted by molar-refractivity contribution is 7.17. The molecule has 1 N–H and O–H groups in total. The third kappa shape index (κ3) is 3.07. The molecule has 2 aliphatic heterocycles. The summed E-state index contributed by atoms with van der Waals surface area (Å²) in [7, 11) is 1.63. The highest BCUT2D eigenvalue weighted by Gasteiger charge is 2.33. The second-order valence-electron chi connectivity index (χ2n) is 7.37. The molecule has 9 heteroatoms. The number of amides is 3. The molecule has 3 amide bonds. The average Bonchev–Trinajstić information content (AvgIpc) is 3.23. The van der Waals surface area contributed by atoms with Gasteiger partial charge in [0.2, 0.25) is 11.8 Å². The van der Waals surface area contributed by atoms with E-state index in [1.807, 2.05) is 30.5 Å². The van der Waals surface area contributed by atoms with Gasteiger partial charge in [0.1, 0.15) is 11.5 Å². The van der Waals surface area contributed by atoms with Gasteiger partial charge in [0, 0.05) is 30.1 Å². The summed E-state index contributed by atoms with van der Waals surface area (Å²) in [5, 5.41) is 8.90. The molecule has 5 rings (SSSR count). The van der Waals surface area contributed by atoms with Crippen molar-refractivity contribution >= 4 is 45.0 Å². The maximum atomic E-state index is 12.8. The number of fused-ring (bicyclic) bond motifs is 4. The quantitative estimate of drug-likeness (QED) is 0.698. The monoisotopic (exact) mass is 409 g/mol. The molecule has 4 heterocycles. The fourth-order valence-electron chi connectivity index (χ4n) is 3.91. The molecular weight excluding hydrogens is 390 g/mol. The Morgan fingerprint density at radius 2 is 2.07 bits per heavy atom. The highest BCUT2D eigenvalue weighted by atomic mass is 32.1. The van der Waals surface area contributed by atoms with E-state index in [9.17, 15) is 14.4 Å². The maximum absolute atomic E-state index is 12.8. The van der Waals surface area contributed by atoms with Crippen LogP contribution in [0.5, 0.6) is 0 Å². The first-order valence-corrected chi connectivity index (χ1v) is 10.2. The lowest BCUT2D eigenvalue weighted by Crippen LogP contribution is -2.38. The minimum atomic E-state index is -0.197. The molecule has 148 valence electrons. The van der Waals surface area contributed by atoms with Crippen LogP contribution < -0.4 is 5.32 Å². The molecule has 29 heavy (non-hydrogen) atoms. The first kappa shape index (κ1) is 17.9. The number of carbonyl (C=O) groups is 3. The van der Waals surface area contributed by atoms with Crippen LogP contribution in [-0.4, -0.2) is 57.4 Å². The van der Waals surface area contributed by atoms with E-state index < -0.39 is 0 Å². The number of nitrogens with zero attached hydrogens (tertiary/aromatic N) is 4. The zero-order chi connectivity index (χ0) is 20.1. The number of anilines is 1. The molecule has 2 aliphatic rings. The smallest absolute Gasteiger partial charge is 0.257 e. The van der Waals surface area contributed by atoms with Gasteiger partial charge in [0.15, 0.2) is 0 Å². The van der Waals surface area contributed by atoms with Gasteiger partial charge >= 0.3 is 0 Å². The van der Waals surface area contributed by atoms with Crippen LogP contribution in [0.4, 0.5) is 5.00 Å². The van der Waals surface area contributed by atoms with Gasteiger partial charge in [0.05, 0.1) is 24.2 Å². The Morgan fingerprint density at radius 3 is 2.90 bits per heavy atom. The van der Waals surface area contributed by atoms with Crippen molar-refractivity contribution in [1.29, 1.82) is 0 Å². The summed E-state index contributed by atoms with van der Waals surface area (Å²) in [5.74, 6) is -0.352. The number of rotatable bonds is 2. The van der Waals surface area contributed by atoms with Gasteiger partial charge in [-0.1, -0.05) is 18.2 Å². The van der Waals surface area contributed by atoms with Crippen molar-refractivity contribution in [2.45, 2.75) is 19.5 Å². The van der Waals surface area contributed by atoms with Gasteiger partial charge in [-0.2, -0.15) is 5.10 Å². The van der Waals surface area contributed by atoms with E-state index in [-0.39, 0.29) is 30.8 Å². The van der Waals surface area contributed by atoms with Crippen molar-refractivity contribution in [2.24, 2.45) is 0 Å². The molecule has 0 radical (unpaired) electrons. The van der Waals surface area contributed by atoms with Crippen LogP contribution in [0.2, 0.25) is 0 Å². The van der Waals surface area contributed by atoms with Gasteiger partial charge in [-0.25, -0.2) is 0 Å². The first-order chi connectivity index (χ1) is 14.0. The molecule has 0 fully saturated rings. The molecule has 8 nitrogen and oxygen atoms in total. The molecule has 0 saturated heterocycles. The number of hydrogen-bond acceptors (Lipinski definition) is 5. The summed E-state index contributed by atoms with van der Waals surface area (Å²) in [4.78, 5) is 41.7. The molecule has 3 aromatic rings. The van der Waals surface area contributed by atoms with Gasteiger partial charge in [-0.05, 0) is 18.1 Å². The fraction of sp³-hybridized carbons (Fsp3) is 0.300. The summed E-state index contributed by atoms with van der Waals surface area (Å²) < 4.78 is 1.67. The SMILES string of the molecule is CN1CC(=O)Nc2sc3c(c2C1=O)CCN(C(=O)Cn1cc2ccccc2n1)C3. The van der Waals surface area contributed by atoms with Crippen molar-refractivity contribution in [3.05, 3.63) is 46.5 Å². The Bertz CT molecular complexity index is 1130. The molecule has 0 bridgehead atoms. The summed E-state index contributed by atoms with van der Waals surface area (Å²) >= 11 is 1.40. The Labute approximate surface area is 170 Å². The molecule has 0 unspecified atom stereocenters. The zero-order valence-electron chi connectivity index (χ0n) is 15.8. The van der Waals surface area contributed by atoms with E-state index in [4.69, 9.17) is 0 Å². The first-order valence-electron chi connectivity index (χ1n) is 9.39. The Kier molecular flexibility index (Phi) is 4.13. The fourth-order valence-corrected chi connectivity index (χ4v) is 5.18. The predicted octanol–water partition coefficient (Wildman–Crippen LogP) is 1.71. The Hall–Kier alpha value is -3.20. The van der Waals surface area contributed by atoms with E-state index in [0.717, 1.165) is 21.3 Å². The van der Waals surface area contributed by atoms with Gasteiger partial charge in [-0.15, -0.1) is 11.3 Å². The van der Waals surface area contributed by atoms with E-state index >= 15 is 0 Å². The lowest BCUT2D eigenvalue weighted by molar-refractivity contribution is -0.132. The van der Waals surface area contributed by atoms with Crippen molar-refractivity contribution in [3.63, 3.8) is 0 Å². The Balaban J connectivity index is 1.37. The number of aromatic nitrogens is 2. The lowest BCUT2D eigenvalue weighted by Gasteiger charge is -2.27. The molecule has 0 atom stereocenters. The third-order valence-corrected chi connectivity index (χ3v) is 6.49. The average molecular weight is 409 g/mol. The molecule has 0 saturated carbocycles. The number of carbonyl (C=O) groups excluding carboxylic acids is 3. The zero-order valence-corrected chi connectivity index (χ0v) is 16.7. The van der Waals surface area contributed by atoms with E-state index in [0.29, 0.717) is 30.1 Å². The van der Waals surface area contributed by atoms with Crippen molar-refractivity contribution in [3.8, 4) is 0 Å². The lowest BCUT2D eigenvalue weighted by atomic mass is 10.0. The number of likely N-dealkylation sites (N-methyl/N-ethyl adjacent to an activating group) is 1. The normalized spacial score (nSPS) is 16.4. The number of benzene rings is 1. The molecule has 0 spiro atoms. The number of nitrogens with one attached hydrogen (secondary N) is 1. The van der Waals surface area contributed by atoms with Crippen molar-refractivity contribution in [2.75, 3.05) is 25.5 Å². The minimum Gasteiger partial charge on any atom is -0.336 e. The molecule has 1 aromatic carbocycles.